The molecule has 0 saturated carbocycles. The summed E-state index contributed by atoms with van der Waals surface area (Å²) in [6.07, 6.45) is -2.54. The number of halogens is 4. The van der Waals surface area contributed by atoms with Gasteiger partial charge in [0.05, 0.1) is 23.6 Å². The minimum Gasteiger partial charge on any atom is -0.383 e. The monoisotopic (exact) mass is 489 g/mol. The van der Waals surface area contributed by atoms with Gasteiger partial charge >= 0.3 is 6.18 Å². The predicted molar refractivity (Wildman–Crippen MR) is 118 cm³/mol. The molecule has 0 atom stereocenters. The molecule has 3 heterocycles. The maximum Gasteiger partial charge on any atom is 0.434 e. The zero-order valence-electron chi connectivity index (χ0n) is 17.3. The third kappa shape index (κ3) is 4.78. The van der Waals surface area contributed by atoms with Gasteiger partial charge in [0.1, 0.15) is 16.5 Å². The number of carbonyl (C=O) groups is 1. The van der Waals surface area contributed by atoms with Crippen molar-refractivity contribution in [3.8, 4) is 10.6 Å². The van der Waals surface area contributed by atoms with Gasteiger partial charge in [-0.3, -0.25) is 9.48 Å². The fourth-order valence-electron chi connectivity index (χ4n) is 2.95. The van der Waals surface area contributed by atoms with E-state index in [2.05, 4.69) is 25.4 Å². The first-order valence-electron chi connectivity index (χ1n) is 9.55. The molecular formula is C21H15F4N7OS. The van der Waals surface area contributed by atoms with Gasteiger partial charge in [0, 0.05) is 24.1 Å². The van der Waals surface area contributed by atoms with E-state index in [-0.39, 0.29) is 33.6 Å². The molecule has 13 heteroatoms. The lowest BCUT2D eigenvalue weighted by molar-refractivity contribution is -0.140. The standard InChI is InChI=1S/C21H15F4N7OS/c1-32-17(12(8-28-32)20-30-15(10-34-20)21(23,24)25)19(33)29-14-7-16(27-9-13(14)22)31-18(26)11-5-3-2-4-6-11/h2-10H,1H3,(H3,26,27,29,31,33). The zero-order chi connectivity index (χ0) is 24.5. The highest BCUT2D eigenvalue weighted by Gasteiger charge is 2.34. The first-order valence-corrected chi connectivity index (χ1v) is 10.4. The van der Waals surface area contributed by atoms with Crippen LogP contribution in [0.2, 0.25) is 0 Å². The van der Waals surface area contributed by atoms with Gasteiger partial charge in [-0.05, 0) is 0 Å². The average Bonchev–Trinajstić information content (AvgIpc) is 3.43. The number of carbonyl (C=O) groups excluding carboxylic acids is 1. The number of nitrogens with two attached hydrogens (primary N) is 1. The molecule has 34 heavy (non-hydrogen) atoms. The summed E-state index contributed by atoms with van der Waals surface area (Å²) in [5.74, 6) is -1.48. The van der Waals surface area contributed by atoms with Crippen LogP contribution in [0.5, 0.6) is 0 Å². The first kappa shape index (κ1) is 23.0. The summed E-state index contributed by atoms with van der Waals surface area (Å²) in [4.78, 5) is 24.5. The van der Waals surface area contributed by atoms with Crippen molar-refractivity contribution in [2.75, 3.05) is 5.32 Å². The van der Waals surface area contributed by atoms with Crippen molar-refractivity contribution in [3.05, 3.63) is 76.9 Å². The molecule has 0 aliphatic rings. The van der Waals surface area contributed by atoms with E-state index in [0.29, 0.717) is 16.9 Å². The molecule has 4 rings (SSSR count). The van der Waals surface area contributed by atoms with Gasteiger partial charge in [0.15, 0.2) is 17.3 Å². The molecule has 1 aromatic carbocycles. The van der Waals surface area contributed by atoms with E-state index in [1.165, 1.54) is 19.3 Å². The summed E-state index contributed by atoms with van der Waals surface area (Å²) >= 11 is 0.711. The largest absolute Gasteiger partial charge is 0.434 e. The topological polar surface area (TPSA) is 111 Å². The number of hydrogen-bond acceptors (Lipinski definition) is 6. The number of aliphatic imine (C=N–C) groups is 1. The predicted octanol–water partition coefficient (Wildman–Crippen LogP) is 4.39. The summed E-state index contributed by atoms with van der Waals surface area (Å²) in [6, 6.07) is 10.0. The maximum atomic E-state index is 14.4. The lowest BCUT2D eigenvalue weighted by Gasteiger charge is -2.09. The summed E-state index contributed by atoms with van der Waals surface area (Å²) in [6.45, 7) is 0. The molecule has 0 saturated heterocycles. The Labute approximate surface area is 193 Å². The molecule has 0 unspecified atom stereocenters. The van der Waals surface area contributed by atoms with E-state index in [1.54, 1.807) is 24.3 Å². The van der Waals surface area contributed by atoms with Gasteiger partial charge in [-0.1, -0.05) is 30.3 Å². The quantitative estimate of drug-likeness (QED) is 0.246. The number of nitrogens with zero attached hydrogens (tertiary/aromatic N) is 5. The van der Waals surface area contributed by atoms with Crippen molar-refractivity contribution in [1.29, 1.82) is 0 Å². The molecular weight excluding hydrogens is 474 g/mol. The normalized spacial score (nSPS) is 12.1. The van der Waals surface area contributed by atoms with E-state index in [4.69, 9.17) is 5.73 Å². The van der Waals surface area contributed by atoms with Gasteiger partial charge in [-0.25, -0.2) is 19.4 Å². The second-order valence-electron chi connectivity index (χ2n) is 6.91. The second kappa shape index (κ2) is 9.02. The molecule has 0 bridgehead atoms. The van der Waals surface area contributed by atoms with E-state index < -0.39 is 23.6 Å². The van der Waals surface area contributed by atoms with Crippen molar-refractivity contribution < 1.29 is 22.4 Å². The number of benzene rings is 1. The number of pyridine rings is 1. The molecule has 8 nitrogen and oxygen atoms in total. The van der Waals surface area contributed by atoms with Crippen molar-refractivity contribution >= 4 is 34.6 Å². The number of anilines is 1. The Morgan fingerprint density at radius 1 is 1.21 bits per heavy atom. The van der Waals surface area contributed by atoms with Crippen molar-refractivity contribution in [2.24, 2.45) is 17.8 Å². The molecule has 1 amide bonds. The molecule has 0 spiro atoms. The summed E-state index contributed by atoms with van der Waals surface area (Å²) in [5, 5.41) is 7.11. The highest BCUT2D eigenvalue weighted by atomic mass is 32.1. The van der Waals surface area contributed by atoms with E-state index in [0.717, 1.165) is 16.3 Å². The third-order valence-electron chi connectivity index (χ3n) is 4.57. The molecule has 0 aliphatic carbocycles. The number of thiazole rings is 1. The van der Waals surface area contributed by atoms with Crippen LogP contribution in [0, 0.1) is 5.82 Å². The van der Waals surface area contributed by atoms with Gasteiger partial charge in [-0.15, -0.1) is 11.3 Å². The minimum atomic E-state index is -4.63. The van der Waals surface area contributed by atoms with E-state index in [1.807, 2.05) is 6.07 Å². The summed E-state index contributed by atoms with van der Waals surface area (Å²) < 4.78 is 54.3. The average molecular weight is 489 g/mol. The Kier molecular flexibility index (Phi) is 6.11. The van der Waals surface area contributed by atoms with Crippen LogP contribution in [-0.2, 0) is 13.2 Å². The van der Waals surface area contributed by atoms with Crippen LogP contribution < -0.4 is 11.1 Å². The SMILES string of the molecule is Cn1ncc(-c2nc(C(F)(F)F)cs2)c1C(=O)Nc1cc(N=C(N)c2ccccc2)ncc1F. The van der Waals surface area contributed by atoms with Crippen LogP contribution in [-0.4, -0.2) is 31.5 Å². The number of alkyl halides is 3. The molecule has 3 aromatic heterocycles. The van der Waals surface area contributed by atoms with Gasteiger partial charge in [0.25, 0.3) is 5.91 Å². The number of nitrogens with one attached hydrogen (secondary N) is 1. The molecule has 0 aliphatic heterocycles. The van der Waals surface area contributed by atoms with E-state index in [9.17, 15) is 22.4 Å². The Morgan fingerprint density at radius 3 is 2.62 bits per heavy atom. The Bertz CT molecular complexity index is 1380. The lowest BCUT2D eigenvalue weighted by Crippen LogP contribution is -2.18. The van der Waals surface area contributed by atoms with Crippen LogP contribution in [0.25, 0.3) is 10.6 Å². The number of aromatic nitrogens is 4. The minimum absolute atomic E-state index is 0.0398. The van der Waals surface area contributed by atoms with Crippen LogP contribution in [0.15, 0.2) is 59.2 Å². The maximum absolute atomic E-state index is 14.4. The Balaban J connectivity index is 1.62. The fraction of sp³-hybridized carbons (Fsp3) is 0.0952. The van der Waals surface area contributed by atoms with Crippen molar-refractivity contribution in [3.63, 3.8) is 0 Å². The van der Waals surface area contributed by atoms with Gasteiger partial charge in [0.2, 0.25) is 0 Å². The fourth-order valence-corrected chi connectivity index (χ4v) is 3.79. The van der Waals surface area contributed by atoms with Gasteiger partial charge < -0.3 is 11.1 Å². The number of rotatable bonds is 5. The molecule has 0 radical (unpaired) electrons. The van der Waals surface area contributed by atoms with E-state index >= 15 is 0 Å². The first-order chi connectivity index (χ1) is 16.1. The Hall–Kier alpha value is -4.13. The number of amidine groups is 1. The van der Waals surface area contributed by atoms with Crippen LogP contribution in [0.1, 0.15) is 21.7 Å². The lowest BCUT2D eigenvalue weighted by atomic mass is 10.2. The summed E-state index contributed by atoms with van der Waals surface area (Å²) in [5.41, 5.74) is 5.22. The van der Waals surface area contributed by atoms with Crippen LogP contribution in [0.3, 0.4) is 0 Å². The van der Waals surface area contributed by atoms with Crippen LogP contribution >= 0.6 is 11.3 Å². The highest BCUT2D eigenvalue weighted by Crippen LogP contribution is 2.34. The smallest absolute Gasteiger partial charge is 0.383 e. The van der Waals surface area contributed by atoms with Gasteiger partial charge in [-0.2, -0.15) is 18.3 Å². The number of aryl methyl sites for hydroxylation is 1. The van der Waals surface area contributed by atoms with Crippen LogP contribution in [0.4, 0.5) is 29.1 Å². The van der Waals surface area contributed by atoms with Crippen molar-refractivity contribution in [2.45, 2.75) is 6.18 Å². The summed E-state index contributed by atoms with van der Waals surface area (Å²) in [7, 11) is 1.43. The third-order valence-corrected chi connectivity index (χ3v) is 5.45. The molecule has 4 aromatic rings. The molecule has 0 fully saturated rings. The zero-order valence-corrected chi connectivity index (χ0v) is 18.2. The number of hydrogen-bond donors (Lipinski definition) is 2. The Morgan fingerprint density at radius 2 is 1.94 bits per heavy atom. The highest BCUT2D eigenvalue weighted by molar-refractivity contribution is 7.13. The molecule has 3 N–H and O–H groups in total. The second-order valence-corrected chi connectivity index (χ2v) is 7.76. The molecule has 174 valence electrons. The van der Waals surface area contributed by atoms with Crippen molar-refractivity contribution in [1.82, 2.24) is 19.7 Å². The number of amides is 1.